The molecule has 1 atom stereocenters. The Labute approximate surface area is 106 Å². The van der Waals surface area contributed by atoms with Crippen molar-refractivity contribution in [1.82, 2.24) is 10.5 Å². The average Bonchev–Trinajstić information content (AvgIpc) is 2.67. The van der Waals surface area contributed by atoms with Crippen molar-refractivity contribution in [2.45, 2.75) is 25.9 Å². The summed E-state index contributed by atoms with van der Waals surface area (Å²) in [5, 5.41) is 6.27. The number of aromatic nitrogens is 1. The molecule has 18 heavy (non-hydrogen) atoms. The molecule has 0 aliphatic carbocycles. The van der Waals surface area contributed by atoms with Crippen LogP contribution in [0.25, 0.3) is 0 Å². The molecule has 1 heterocycles. The van der Waals surface area contributed by atoms with Crippen molar-refractivity contribution >= 4 is 15.7 Å². The van der Waals surface area contributed by atoms with Crippen LogP contribution in [0.2, 0.25) is 0 Å². The number of nitrogens with zero attached hydrogens (tertiary/aromatic N) is 1. The Kier molecular flexibility index (Phi) is 4.85. The second-order valence-corrected chi connectivity index (χ2v) is 6.43. The van der Waals surface area contributed by atoms with Gasteiger partial charge < -0.3 is 15.6 Å². The molecule has 0 saturated heterocycles. The minimum atomic E-state index is -3.10. The monoisotopic (exact) mass is 275 g/mol. The van der Waals surface area contributed by atoms with Crippen LogP contribution in [-0.4, -0.2) is 37.5 Å². The fourth-order valence-corrected chi connectivity index (χ4v) is 1.96. The van der Waals surface area contributed by atoms with Crippen molar-refractivity contribution in [2.75, 3.05) is 12.0 Å². The molecule has 1 aromatic heterocycles. The minimum absolute atomic E-state index is 0.0997. The summed E-state index contributed by atoms with van der Waals surface area (Å²) in [5.74, 6) is 0.143. The van der Waals surface area contributed by atoms with E-state index in [9.17, 15) is 13.2 Å². The molecule has 1 rings (SSSR count). The number of carbonyl (C=O) groups is 1. The van der Waals surface area contributed by atoms with E-state index in [0.717, 1.165) is 6.26 Å². The van der Waals surface area contributed by atoms with Gasteiger partial charge in [-0.25, -0.2) is 8.42 Å². The first kappa shape index (κ1) is 14.7. The molecule has 0 fully saturated rings. The molecule has 0 radical (unpaired) electrons. The number of nitrogens with two attached hydrogens (primary N) is 1. The van der Waals surface area contributed by atoms with Gasteiger partial charge in [0, 0.05) is 12.3 Å². The summed E-state index contributed by atoms with van der Waals surface area (Å²) in [4.78, 5) is 11.6. The predicted molar refractivity (Wildman–Crippen MR) is 65.4 cm³/mol. The first-order valence-corrected chi connectivity index (χ1v) is 7.47. The van der Waals surface area contributed by atoms with Crippen molar-refractivity contribution in [3.63, 3.8) is 0 Å². The summed E-state index contributed by atoms with van der Waals surface area (Å²) in [6, 6.07) is 0.857. The Morgan fingerprint density at radius 3 is 2.78 bits per heavy atom. The Bertz CT molecular complexity index is 509. The van der Waals surface area contributed by atoms with Gasteiger partial charge in [-0.2, -0.15) is 0 Å². The van der Waals surface area contributed by atoms with E-state index in [2.05, 4.69) is 10.5 Å². The fourth-order valence-electron chi connectivity index (χ4n) is 1.28. The zero-order chi connectivity index (χ0) is 13.8. The zero-order valence-electron chi connectivity index (χ0n) is 10.3. The predicted octanol–water partition coefficient (Wildman–Crippen LogP) is -0.639. The van der Waals surface area contributed by atoms with Gasteiger partial charge in [0.05, 0.1) is 18.3 Å². The summed E-state index contributed by atoms with van der Waals surface area (Å²) in [6.45, 7) is 1.96. The van der Waals surface area contributed by atoms with Gasteiger partial charge >= 0.3 is 0 Å². The topological polar surface area (TPSA) is 115 Å². The van der Waals surface area contributed by atoms with Crippen LogP contribution in [0.5, 0.6) is 0 Å². The van der Waals surface area contributed by atoms with E-state index in [-0.39, 0.29) is 18.7 Å². The number of rotatable bonds is 6. The fraction of sp³-hybridized carbons (Fsp3) is 0.600. The van der Waals surface area contributed by atoms with E-state index in [1.54, 1.807) is 13.0 Å². The van der Waals surface area contributed by atoms with Gasteiger partial charge in [-0.1, -0.05) is 5.16 Å². The van der Waals surface area contributed by atoms with E-state index in [1.807, 2.05) is 0 Å². The smallest absolute Gasteiger partial charge is 0.237 e. The third-order valence-electron chi connectivity index (χ3n) is 2.26. The third kappa shape index (κ3) is 5.28. The van der Waals surface area contributed by atoms with Crippen LogP contribution in [0.15, 0.2) is 10.6 Å². The molecule has 0 saturated carbocycles. The Hall–Kier alpha value is -1.41. The molecule has 1 unspecified atom stereocenters. The molecule has 0 aliphatic heterocycles. The zero-order valence-corrected chi connectivity index (χ0v) is 11.2. The maximum Gasteiger partial charge on any atom is 0.237 e. The SMILES string of the molecule is Cc1cc(CNC(=O)C(N)CCS(C)(=O)=O)no1. The van der Waals surface area contributed by atoms with Gasteiger partial charge in [-0.3, -0.25) is 4.79 Å². The van der Waals surface area contributed by atoms with E-state index in [1.165, 1.54) is 0 Å². The van der Waals surface area contributed by atoms with Gasteiger partial charge in [0.2, 0.25) is 5.91 Å². The van der Waals surface area contributed by atoms with Crippen molar-refractivity contribution in [3.8, 4) is 0 Å². The highest BCUT2D eigenvalue weighted by molar-refractivity contribution is 7.90. The van der Waals surface area contributed by atoms with Crippen LogP contribution < -0.4 is 11.1 Å². The molecule has 3 N–H and O–H groups in total. The lowest BCUT2D eigenvalue weighted by Gasteiger charge is -2.10. The molecule has 1 aromatic rings. The van der Waals surface area contributed by atoms with E-state index >= 15 is 0 Å². The number of carbonyl (C=O) groups excluding carboxylic acids is 1. The molecule has 0 aromatic carbocycles. The van der Waals surface area contributed by atoms with Gasteiger partial charge in [0.1, 0.15) is 21.3 Å². The molecule has 7 nitrogen and oxygen atoms in total. The maximum atomic E-state index is 11.6. The van der Waals surface area contributed by atoms with Crippen LogP contribution in [0.3, 0.4) is 0 Å². The summed E-state index contributed by atoms with van der Waals surface area (Å²) < 4.78 is 26.7. The van der Waals surface area contributed by atoms with Gasteiger partial charge in [0.25, 0.3) is 0 Å². The number of nitrogens with one attached hydrogen (secondary N) is 1. The number of hydrogen-bond acceptors (Lipinski definition) is 6. The molecule has 8 heteroatoms. The summed E-state index contributed by atoms with van der Waals surface area (Å²) in [5.41, 5.74) is 6.17. The molecule has 0 spiro atoms. The van der Waals surface area contributed by atoms with Gasteiger partial charge in [-0.05, 0) is 13.3 Å². The highest BCUT2D eigenvalue weighted by atomic mass is 32.2. The molecule has 1 amide bonds. The molecule has 0 bridgehead atoms. The van der Waals surface area contributed by atoms with Crippen LogP contribution in [0.4, 0.5) is 0 Å². The molecular weight excluding hydrogens is 258 g/mol. The van der Waals surface area contributed by atoms with Gasteiger partial charge in [0.15, 0.2) is 0 Å². The quantitative estimate of drug-likeness (QED) is 0.713. The molecular formula is C10H17N3O4S. The average molecular weight is 275 g/mol. The highest BCUT2D eigenvalue weighted by Gasteiger charge is 2.16. The van der Waals surface area contributed by atoms with Crippen LogP contribution in [0.1, 0.15) is 17.9 Å². The minimum Gasteiger partial charge on any atom is -0.361 e. The summed E-state index contributed by atoms with van der Waals surface area (Å²) in [6.07, 6.45) is 1.21. The van der Waals surface area contributed by atoms with Crippen molar-refractivity contribution < 1.29 is 17.7 Å². The molecule has 0 aliphatic rings. The summed E-state index contributed by atoms with van der Waals surface area (Å²) >= 11 is 0. The largest absolute Gasteiger partial charge is 0.361 e. The lowest BCUT2D eigenvalue weighted by Crippen LogP contribution is -2.41. The first-order chi connectivity index (χ1) is 8.28. The standard InChI is InChI=1S/C10H17N3O4S/c1-7-5-8(13-17-7)6-12-10(14)9(11)3-4-18(2,15)16/h5,9H,3-4,6,11H2,1-2H3,(H,12,14). The normalized spacial score (nSPS) is 13.3. The first-order valence-electron chi connectivity index (χ1n) is 5.41. The number of hydrogen-bond donors (Lipinski definition) is 2. The van der Waals surface area contributed by atoms with E-state index in [4.69, 9.17) is 10.3 Å². The Balaban J connectivity index is 2.36. The van der Waals surface area contributed by atoms with Crippen LogP contribution >= 0.6 is 0 Å². The maximum absolute atomic E-state index is 11.6. The van der Waals surface area contributed by atoms with Crippen LogP contribution in [0, 0.1) is 6.92 Å². The number of aryl methyl sites for hydroxylation is 1. The van der Waals surface area contributed by atoms with Crippen LogP contribution in [-0.2, 0) is 21.2 Å². The Morgan fingerprint density at radius 2 is 2.28 bits per heavy atom. The van der Waals surface area contributed by atoms with E-state index < -0.39 is 21.8 Å². The Morgan fingerprint density at radius 1 is 1.61 bits per heavy atom. The number of amides is 1. The number of sulfone groups is 1. The van der Waals surface area contributed by atoms with Crippen molar-refractivity contribution in [2.24, 2.45) is 5.73 Å². The van der Waals surface area contributed by atoms with Crippen molar-refractivity contribution in [1.29, 1.82) is 0 Å². The second kappa shape index (κ2) is 5.96. The lowest BCUT2D eigenvalue weighted by atomic mass is 10.2. The van der Waals surface area contributed by atoms with E-state index in [0.29, 0.717) is 11.5 Å². The second-order valence-electron chi connectivity index (χ2n) is 4.17. The third-order valence-corrected chi connectivity index (χ3v) is 3.23. The lowest BCUT2D eigenvalue weighted by molar-refractivity contribution is -0.122. The van der Waals surface area contributed by atoms with Crippen molar-refractivity contribution in [3.05, 3.63) is 17.5 Å². The molecule has 102 valence electrons. The summed E-state index contributed by atoms with van der Waals surface area (Å²) in [7, 11) is -3.10. The highest BCUT2D eigenvalue weighted by Crippen LogP contribution is 2.01. The van der Waals surface area contributed by atoms with Gasteiger partial charge in [-0.15, -0.1) is 0 Å².